The number of likely N-dealkylation sites (tertiary alicyclic amines) is 1. The van der Waals surface area contributed by atoms with Crippen LogP contribution in [-0.4, -0.2) is 53.5 Å². The Labute approximate surface area is 219 Å². The molecular weight excluding hydrogens is 486 g/mol. The monoisotopic (exact) mass is 521 g/mol. The maximum absolute atomic E-state index is 13.3. The lowest BCUT2D eigenvalue weighted by Crippen LogP contribution is -2.35. The van der Waals surface area contributed by atoms with Gasteiger partial charge in [-0.1, -0.05) is 30.9 Å². The number of para-hydroxylation sites is 1. The largest absolute Gasteiger partial charge is 0.415 e. The normalized spacial score (nSPS) is 21.3. The SMILES string of the molecule is C=C/C(=C\N(C)N)c1cn(S(=O)(=O)Oc2ccccc2)c2ncc([C@H]3CC[C@H](N4CCCC4)CC3)cc12. The van der Waals surface area contributed by atoms with Crippen LogP contribution in [-0.2, 0) is 10.3 Å². The van der Waals surface area contributed by atoms with Gasteiger partial charge in [0.05, 0.1) is 0 Å². The minimum Gasteiger partial charge on any atom is -0.366 e. The number of benzene rings is 1. The van der Waals surface area contributed by atoms with E-state index in [2.05, 4.69) is 22.5 Å². The molecule has 5 rings (SSSR count). The van der Waals surface area contributed by atoms with Crippen LogP contribution >= 0.6 is 0 Å². The van der Waals surface area contributed by atoms with Crippen molar-refractivity contribution in [1.82, 2.24) is 18.9 Å². The van der Waals surface area contributed by atoms with Gasteiger partial charge in [-0.3, -0.25) is 0 Å². The molecule has 2 N–H and O–H groups in total. The predicted molar refractivity (Wildman–Crippen MR) is 147 cm³/mol. The molecule has 3 aromatic rings. The molecule has 0 unspecified atom stereocenters. The minimum atomic E-state index is -4.20. The maximum Gasteiger partial charge on any atom is 0.415 e. The first kappa shape index (κ1) is 25.5. The van der Waals surface area contributed by atoms with E-state index in [0.29, 0.717) is 28.7 Å². The van der Waals surface area contributed by atoms with Gasteiger partial charge in [0.25, 0.3) is 0 Å². The summed E-state index contributed by atoms with van der Waals surface area (Å²) in [6, 6.07) is 11.2. The lowest BCUT2D eigenvalue weighted by molar-refractivity contribution is 0.182. The number of hydrazine groups is 1. The summed E-state index contributed by atoms with van der Waals surface area (Å²) in [5.74, 6) is 6.53. The molecule has 1 aliphatic carbocycles. The Hall–Kier alpha value is -3.14. The van der Waals surface area contributed by atoms with Crippen LogP contribution in [0.2, 0.25) is 0 Å². The summed E-state index contributed by atoms with van der Waals surface area (Å²) in [5.41, 5.74) is 2.83. The molecule has 0 atom stereocenters. The highest BCUT2D eigenvalue weighted by Crippen LogP contribution is 2.38. The lowest BCUT2D eigenvalue weighted by atomic mass is 9.81. The van der Waals surface area contributed by atoms with Crippen LogP contribution in [0.25, 0.3) is 16.6 Å². The minimum absolute atomic E-state index is 0.235. The molecule has 2 aromatic heterocycles. The van der Waals surface area contributed by atoms with Gasteiger partial charge in [0.15, 0.2) is 5.65 Å². The van der Waals surface area contributed by atoms with Crippen LogP contribution in [0.4, 0.5) is 0 Å². The number of nitrogens with two attached hydrogens (primary N) is 1. The summed E-state index contributed by atoms with van der Waals surface area (Å²) < 4.78 is 33.2. The fourth-order valence-electron chi connectivity index (χ4n) is 5.69. The van der Waals surface area contributed by atoms with Crippen LogP contribution in [0, 0.1) is 0 Å². The van der Waals surface area contributed by atoms with Crippen molar-refractivity contribution in [3.8, 4) is 5.75 Å². The number of nitrogens with zero attached hydrogens (tertiary/aromatic N) is 4. The van der Waals surface area contributed by atoms with Crippen LogP contribution < -0.4 is 10.0 Å². The van der Waals surface area contributed by atoms with Gasteiger partial charge < -0.3 is 14.1 Å². The fraction of sp³-hybridized carbons (Fsp3) is 0.393. The highest BCUT2D eigenvalue weighted by atomic mass is 32.2. The third-order valence-corrected chi connectivity index (χ3v) is 8.68. The van der Waals surface area contributed by atoms with Gasteiger partial charge in [-0.2, -0.15) is 12.4 Å². The fourth-order valence-corrected chi connectivity index (χ4v) is 6.72. The number of rotatable bonds is 8. The topological polar surface area (TPSA) is 93.7 Å². The molecule has 1 saturated carbocycles. The Morgan fingerprint density at radius 1 is 1.16 bits per heavy atom. The Bertz CT molecular complexity index is 1380. The molecule has 37 heavy (non-hydrogen) atoms. The van der Waals surface area contributed by atoms with Gasteiger partial charge in [-0.25, -0.2) is 10.8 Å². The Morgan fingerprint density at radius 2 is 1.86 bits per heavy atom. The second-order valence-corrected chi connectivity index (χ2v) is 11.5. The summed E-state index contributed by atoms with van der Waals surface area (Å²) in [6.45, 7) is 6.38. The molecule has 1 aromatic carbocycles. The number of aromatic nitrogens is 2. The maximum atomic E-state index is 13.3. The molecule has 9 heteroatoms. The summed E-state index contributed by atoms with van der Waals surface area (Å²) in [6.07, 6.45) is 14.0. The molecule has 0 amide bonds. The van der Waals surface area contributed by atoms with Gasteiger partial charge in [0.1, 0.15) is 5.75 Å². The van der Waals surface area contributed by atoms with Crippen molar-refractivity contribution in [2.75, 3.05) is 20.1 Å². The molecule has 0 spiro atoms. The van der Waals surface area contributed by atoms with E-state index < -0.39 is 10.3 Å². The highest BCUT2D eigenvalue weighted by molar-refractivity contribution is 7.85. The third kappa shape index (κ3) is 5.44. The number of hydrogen-bond donors (Lipinski definition) is 1. The van der Waals surface area contributed by atoms with Gasteiger partial charge in [-0.15, -0.1) is 0 Å². The van der Waals surface area contributed by atoms with E-state index in [1.54, 1.807) is 55.9 Å². The molecule has 2 aliphatic rings. The van der Waals surface area contributed by atoms with Crippen molar-refractivity contribution in [2.24, 2.45) is 5.84 Å². The van der Waals surface area contributed by atoms with Crippen LogP contribution in [0.3, 0.4) is 0 Å². The van der Waals surface area contributed by atoms with Crippen LogP contribution in [0.5, 0.6) is 5.75 Å². The van der Waals surface area contributed by atoms with Gasteiger partial charge >= 0.3 is 10.3 Å². The third-order valence-electron chi connectivity index (χ3n) is 7.52. The molecule has 1 saturated heterocycles. The van der Waals surface area contributed by atoms with E-state index in [1.807, 2.05) is 6.20 Å². The van der Waals surface area contributed by atoms with E-state index >= 15 is 0 Å². The van der Waals surface area contributed by atoms with Crippen molar-refractivity contribution < 1.29 is 12.6 Å². The summed E-state index contributed by atoms with van der Waals surface area (Å²) >= 11 is 0. The first-order chi connectivity index (χ1) is 17.9. The molecule has 196 valence electrons. The quantitative estimate of drug-likeness (QED) is 0.262. The Morgan fingerprint density at radius 3 is 2.51 bits per heavy atom. The first-order valence-electron chi connectivity index (χ1n) is 12.9. The predicted octanol–water partition coefficient (Wildman–Crippen LogP) is 4.66. The summed E-state index contributed by atoms with van der Waals surface area (Å²) in [5, 5.41) is 2.15. The van der Waals surface area contributed by atoms with Crippen molar-refractivity contribution in [2.45, 2.75) is 50.5 Å². The van der Waals surface area contributed by atoms with Gasteiger partial charge in [-0.05, 0) is 81.3 Å². The lowest BCUT2D eigenvalue weighted by Gasteiger charge is -2.34. The smallest absolute Gasteiger partial charge is 0.366 e. The summed E-state index contributed by atoms with van der Waals surface area (Å²) in [4.78, 5) is 7.31. The average molecular weight is 522 g/mol. The molecule has 2 fully saturated rings. The van der Waals surface area contributed by atoms with Crippen LogP contribution in [0.1, 0.15) is 55.6 Å². The van der Waals surface area contributed by atoms with Crippen molar-refractivity contribution >= 4 is 26.9 Å². The molecule has 1 aliphatic heterocycles. The molecule has 8 nitrogen and oxygen atoms in total. The molecule has 3 heterocycles. The number of hydrogen-bond acceptors (Lipinski definition) is 7. The van der Waals surface area contributed by atoms with Crippen LogP contribution in [0.15, 0.2) is 67.6 Å². The van der Waals surface area contributed by atoms with E-state index in [-0.39, 0.29) is 5.75 Å². The van der Waals surface area contributed by atoms with E-state index in [9.17, 15) is 8.42 Å². The van der Waals surface area contributed by atoms with E-state index in [0.717, 1.165) is 27.8 Å². The Kier molecular flexibility index (Phi) is 7.37. The van der Waals surface area contributed by atoms with Gasteiger partial charge in [0.2, 0.25) is 0 Å². The van der Waals surface area contributed by atoms with E-state index in [4.69, 9.17) is 10.0 Å². The van der Waals surface area contributed by atoms with E-state index in [1.165, 1.54) is 43.8 Å². The van der Waals surface area contributed by atoms with Crippen molar-refractivity contribution in [3.63, 3.8) is 0 Å². The standard InChI is InChI=1S/C28H35N5O3S/c1-3-21(19-31(2)29)27-20-33(37(34,35)36-25-9-5-4-6-10-25)28-26(27)17-23(18-30-28)22-11-13-24(14-12-22)32-15-7-8-16-32/h3-6,9-10,17-20,22,24H,1,7-8,11-16,29H2,2H3/b21-19+/t22-,24-. The number of fused-ring (bicyclic) bond motifs is 1. The average Bonchev–Trinajstić information content (AvgIpc) is 3.56. The molecule has 0 bridgehead atoms. The van der Waals surface area contributed by atoms with Gasteiger partial charge in [0, 0.05) is 48.2 Å². The van der Waals surface area contributed by atoms with Crippen molar-refractivity contribution in [1.29, 1.82) is 0 Å². The summed E-state index contributed by atoms with van der Waals surface area (Å²) in [7, 11) is -2.49. The zero-order valence-electron chi connectivity index (χ0n) is 21.3. The number of allylic oxidation sites excluding steroid dienone is 2. The first-order valence-corrected chi connectivity index (χ1v) is 14.3. The number of pyridine rings is 1. The molecule has 0 radical (unpaired) electrons. The second-order valence-electron chi connectivity index (χ2n) is 10.0. The zero-order chi connectivity index (χ0) is 26.0. The molecular formula is C28H35N5O3S. The highest BCUT2D eigenvalue weighted by Gasteiger charge is 2.29. The Balaban J connectivity index is 1.51. The zero-order valence-corrected chi connectivity index (χ0v) is 22.1. The van der Waals surface area contributed by atoms with Crippen molar-refractivity contribution in [3.05, 3.63) is 78.8 Å². The second kappa shape index (κ2) is 10.7.